The lowest BCUT2D eigenvalue weighted by Gasteiger charge is -2.32. The van der Waals surface area contributed by atoms with Crippen LogP contribution >= 0.6 is 20.7 Å². The number of hydrogen-bond donors (Lipinski definition) is 2. The van der Waals surface area contributed by atoms with Gasteiger partial charge < -0.3 is 20.9 Å². The average molecular weight is 475 g/mol. The van der Waals surface area contributed by atoms with Crippen molar-refractivity contribution in [1.29, 1.82) is 0 Å². The van der Waals surface area contributed by atoms with E-state index in [-0.39, 0.29) is 32.8 Å². The van der Waals surface area contributed by atoms with E-state index >= 15 is 0 Å². The number of piperidine rings is 1. The third-order valence-electron chi connectivity index (χ3n) is 5.16. The van der Waals surface area contributed by atoms with Gasteiger partial charge in [0.15, 0.2) is 0 Å². The van der Waals surface area contributed by atoms with Gasteiger partial charge in [0, 0.05) is 28.7 Å². The number of imidazole rings is 1. The quantitative estimate of drug-likeness (QED) is 0.527. The number of nitrogens with zero attached hydrogens (tertiary/aromatic N) is 3. The largest absolute Gasteiger partial charge is 0.341 e. The Kier molecular flexibility index (Phi) is 5.59. The van der Waals surface area contributed by atoms with Crippen LogP contribution in [-0.4, -0.2) is 39.2 Å². The first-order valence-corrected chi connectivity index (χ1v) is 12.0. The lowest BCUT2D eigenvalue weighted by molar-refractivity contribution is 0.495. The molecule has 1 fully saturated rings. The highest BCUT2D eigenvalue weighted by Crippen LogP contribution is 2.28. The Balaban J connectivity index is 1.77. The Hall–Kier alpha value is -1.73. The Morgan fingerprint density at radius 3 is 3.04 bits per heavy atom. The van der Waals surface area contributed by atoms with Crippen molar-refractivity contribution in [1.82, 2.24) is 9.55 Å². The van der Waals surface area contributed by atoms with Gasteiger partial charge in [-0.15, -0.1) is 5.73 Å². The Bertz CT molecular complexity index is 951. The molecule has 0 amide bonds. The molecule has 1 aromatic heterocycles. The molecule has 1 unspecified atom stereocenters. The van der Waals surface area contributed by atoms with Gasteiger partial charge in [-0.25, -0.2) is 4.98 Å². The average Bonchev–Trinajstić information content (AvgIpc) is 2.89. The summed E-state index contributed by atoms with van der Waals surface area (Å²) in [6.07, 6.45) is 9.23. The van der Waals surface area contributed by atoms with E-state index in [1.807, 2.05) is 12.2 Å². The summed E-state index contributed by atoms with van der Waals surface area (Å²) >= 11 is -0.194. The van der Waals surface area contributed by atoms with E-state index in [0.717, 1.165) is 55.9 Å². The minimum absolute atomic E-state index is 0.0429. The molecule has 2 aliphatic rings. The molecule has 2 atom stereocenters. The summed E-state index contributed by atoms with van der Waals surface area (Å²) in [6, 6.07) is 6.85. The van der Waals surface area contributed by atoms with E-state index < -0.39 is 0 Å². The second kappa shape index (κ2) is 8.10. The van der Waals surface area contributed by atoms with E-state index in [1.54, 1.807) is 0 Å². The summed E-state index contributed by atoms with van der Waals surface area (Å²) < 4.78 is 7.75. The molecule has 4 N–H and O–H groups in total. The summed E-state index contributed by atoms with van der Waals surface area (Å²) in [5, 5.41) is 0. The molecule has 1 saturated heterocycles. The molecule has 0 bridgehead atoms. The molecule has 5 nitrogen and oxygen atoms in total. The predicted molar refractivity (Wildman–Crippen MR) is 122 cm³/mol. The molecular formula is C21H26IN5. The SMILES string of the molecule is C=Ic1ccc2c(c1)nc(N1CCC[C@H](N)C1)n2CC1=CCC(N)C=C=C1. The summed E-state index contributed by atoms with van der Waals surface area (Å²) in [4.78, 5) is 7.36. The van der Waals surface area contributed by atoms with E-state index in [9.17, 15) is 0 Å². The normalized spacial score (nSPS) is 22.9. The standard InChI is InChI=1S/C21H26IN5/c1-22-16-8-10-20-19(12-16)25-21(26-11-3-6-18(24)14-26)27(20)13-15-4-2-5-17(23)9-7-15/h4-5,7-8,10,12,17-18H,1,3,6,9,11,13-14,23-24H2/t17?,18-/m0/s1. The van der Waals surface area contributed by atoms with Crippen LogP contribution in [0.25, 0.3) is 11.0 Å². The molecule has 6 heteroatoms. The molecule has 0 radical (unpaired) electrons. The number of benzene rings is 1. The van der Waals surface area contributed by atoms with Crippen LogP contribution in [0.3, 0.4) is 0 Å². The summed E-state index contributed by atoms with van der Waals surface area (Å²) in [5.41, 5.74) is 18.9. The monoisotopic (exact) mass is 475 g/mol. The summed E-state index contributed by atoms with van der Waals surface area (Å²) in [7, 11) is 0. The van der Waals surface area contributed by atoms with Crippen LogP contribution in [0, 0.1) is 3.57 Å². The highest BCUT2D eigenvalue weighted by atomic mass is 127. The number of anilines is 1. The minimum atomic E-state index is -0.194. The molecule has 1 aliphatic carbocycles. The zero-order valence-electron chi connectivity index (χ0n) is 15.4. The van der Waals surface area contributed by atoms with Crippen LogP contribution in [0.15, 0.2) is 47.7 Å². The first-order valence-electron chi connectivity index (χ1n) is 9.40. The molecule has 142 valence electrons. The Morgan fingerprint density at radius 2 is 2.22 bits per heavy atom. The number of fused-ring (bicyclic) bond motifs is 1. The zero-order chi connectivity index (χ0) is 18.8. The van der Waals surface area contributed by atoms with Crippen molar-refractivity contribution in [2.24, 2.45) is 11.5 Å². The van der Waals surface area contributed by atoms with Crippen LogP contribution in [0.2, 0.25) is 0 Å². The van der Waals surface area contributed by atoms with Crippen molar-refractivity contribution < 1.29 is 0 Å². The van der Waals surface area contributed by atoms with Crippen LogP contribution < -0.4 is 16.4 Å². The van der Waals surface area contributed by atoms with Crippen molar-refractivity contribution in [2.45, 2.75) is 37.9 Å². The van der Waals surface area contributed by atoms with Gasteiger partial charge in [-0.2, -0.15) is 0 Å². The van der Waals surface area contributed by atoms with Crippen molar-refractivity contribution in [3.63, 3.8) is 0 Å². The maximum atomic E-state index is 6.24. The van der Waals surface area contributed by atoms with Gasteiger partial charge >= 0.3 is 0 Å². The Labute approximate surface area is 170 Å². The van der Waals surface area contributed by atoms with Gasteiger partial charge in [0.2, 0.25) is 5.95 Å². The smallest absolute Gasteiger partial charge is 0.206 e. The number of aromatic nitrogens is 2. The molecule has 2 heterocycles. The highest BCUT2D eigenvalue weighted by molar-refractivity contribution is 14.2. The lowest BCUT2D eigenvalue weighted by Crippen LogP contribution is -2.44. The molecular weight excluding hydrogens is 449 g/mol. The highest BCUT2D eigenvalue weighted by Gasteiger charge is 2.23. The van der Waals surface area contributed by atoms with Crippen molar-refractivity contribution in [2.75, 3.05) is 18.0 Å². The first-order chi connectivity index (χ1) is 13.1. The second-order valence-electron chi connectivity index (χ2n) is 7.27. The second-order valence-corrected chi connectivity index (χ2v) is 9.28. The van der Waals surface area contributed by atoms with Crippen LogP contribution in [0.1, 0.15) is 19.3 Å². The molecule has 1 aliphatic heterocycles. The maximum Gasteiger partial charge on any atom is 0.206 e. The molecule has 2 aromatic rings. The molecule has 27 heavy (non-hydrogen) atoms. The van der Waals surface area contributed by atoms with Gasteiger partial charge in [0.25, 0.3) is 0 Å². The van der Waals surface area contributed by atoms with Crippen LogP contribution in [-0.2, 0) is 6.54 Å². The fraction of sp³-hybridized carbons (Fsp3) is 0.381. The first kappa shape index (κ1) is 18.6. The number of rotatable bonds is 4. The third kappa shape index (κ3) is 4.09. The molecule has 4 rings (SSSR count). The molecule has 0 spiro atoms. The van der Waals surface area contributed by atoms with E-state index in [1.165, 1.54) is 9.14 Å². The van der Waals surface area contributed by atoms with E-state index in [4.69, 9.17) is 16.5 Å². The lowest BCUT2D eigenvalue weighted by atomic mass is 10.1. The van der Waals surface area contributed by atoms with Gasteiger partial charge in [-0.05, 0) is 55.2 Å². The number of allylic oxidation sites excluding steroid dienone is 1. The van der Waals surface area contributed by atoms with Gasteiger partial charge in [-0.1, -0.05) is 31.3 Å². The van der Waals surface area contributed by atoms with E-state index in [0.29, 0.717) is 0 Å². The fourth-order valence-corrected chi connectivity index (χ4v) is 4.70. The van der Waals surface area contributed by atoms with Gasteiger partial charge in [0.1, 0.15) is 0 Å². The van der Waals surface area contributed by atoms with Gasteiger partial charge in [-0.3, -0.25) is 0 Å². The van der Waals surface area contributed by atoms with Crippen molar-refractivity contribution in [3.8, 4) is 0 Å². The van der Waals surface area contributed by atoms with Crippen molar-refractivity contribution >= 4 is 42.2 Å². The number of hydrogen-bond acceptors (Lipinski definition) is 4. The molecule has 1 aromatic carbocycles. The topological polar surface area (TPSA) is 73.1 Å². The summed E-state index contributed by atoms with van der Waals surface area (Å²) in [5.74, 6) is 1.02. The third-order valence-corrected chi connectivity index (χ3v) is 6.71. The minimum Gasteiger partial charge on any atom is -0.341 e. The number of halogens is 1. The predicted octanol–water partition coefficient (Wildman–Crippen LogP) is 2.90. The number of nitrogens with two attached hydrogens (primary N) is 2. The zero-order valence-corrected chi connectivity index (χ0v) is 17.6. The summed E-state index contributed by atoms with van der Waals surface area (Å²) in [6.45, 7) is 2.63. The maximum absolute atomic E-state index is 6.24. The Morgan fingerprint density at radius 1 is 1.33 bits per heavy atom. The molecule has 0 saturated carbocycles. The van der Waals surface area contributed by atoms with Crippen molar-refractivity contribution in [3.05, 3.63) is 51.3 Å². The van der Waals surface area contributed by atoms with Crippen LogP contribution in [0.5, 0.6) is 0 Å². The van der Waals surface area contributed by atoms with Crippen LogP contribution in [0.4, 0.5) is 5.95 Å². The fourth-order valence-electron chi connectivity index (χ4n) is 3.75. The van der Waals surface area contributed by atoms with Gasteiger partial charge in [0.05, 0.1) is 17.6 Å². The van der Waals surface area contributed by atoms with E-state index in [2.05, 4.69) is 44.0 Å².